The quantitative estimate of drug-likeness (QED) is 0.491. The standard InChI is InChI=1S/C24H26N6O2/c1-24(2,3)20-11-21(29-32-20)28-22(31)9-15-5-7-16(8-6-15)17-10-19(23(25)26-12-17)18-13-27-30(4)14-18/h5-8,10-14H,9H2,1-4H3,(H2,25,26)(H,28,29,31). The summed E-state index contributed by atoms with van der Waals surface area (Å²) in [5.74, 6) is 1.45. The van der Waals surface area contributed by atoms with Crippen molar-refractivity contribution in [3.05, 3.63) is 66.3 Å². The maximum absolute atomic E-state index is 12.4. The van der Waals surface area contributed by atoms with Crippen molar-refractivity contribution in [1.29, 1.82) is 0 Å². The molecule has 4 rings (SSSR count). The average molecular weight is 431 g/mol. The minimum atomic E-state index is -0.167. The van der Waals surface area contributed by atoms with Gasteiger partial charge in [0.2, 0.25) is 5.91 Å². The Hall–Kier alpha value is -3.94. The van der Waals surface area contributed by atoms with Gasteiger partial charge in [0, 0.05) is 47.6 Å². The molecular weight excluding hydrogens is 404 g/mol. The zero-order valence-electron chi connectivity index (χ0n) is 18.6. The number of amides is 1. The SMILES string of the molecule is Cn1cc(-c2cc(-c3ccc(CC(=O)Nc4cc(C(C)(C)C)on4)cc3)cnc2N)cn1. The normalized spacial score (nSPS) is 11.5. The van der Waals surface area contributed by atoms with Crippen LogP contribution in [0.1, 0.15) is 32.1 Å². The van der Waals surface area contributed by atoms with Crippen LogP contribution >= 0.6 is 0 Å². The second-order valence-electron chi connectivity index (χ2n) is 8.81. The Bertz CT molecular complexity index is 1250. The molecule has 0 unspecified atom stereocenters. The van der Waals surface area contributed by atoms with Gasteiger partial charge in [0.05, 0.1) is 12.6 Å². The van der Waals surface area contributed by atoms with Gasteiger partial charge >= 0.3 is 0 Å². The van der Waals surface area contributed by atoms with Gasteiger partial charge in [-0.2, -0.15) is 5.10 Å². The minimum Gasteiger partial charge on any atom is -0.383 e. The largest absolute Gasteiger partial charge is 0.383 e. The smallest absolute Gasteiger partial charge is 0.230 e. The Labute approximate surface area is 186 Å². The van der Waals surface area contributed by atoms with Gasteiger partial charge < -0.3 is 15.6 Å². The van der Waals surface area contributed by atoms with Gasteiger partial charge in [-0.3, -0.25) is 9.48 Å². The summed E-state index contributed by atoms with van der Waals surface area (Å²) >= 11 is 0. The summed E-state index contributed by atoms with van der Waals surface area (Å²) in [5.41, 5.74) is 10.5. The Morgan fingerprint density at radius 3 is 2.47 bits per heavy atom. The molecule has 0 spiro atoms. The van der Waals surface area contributed by atoms with Crippen molar-refractivity contribution in [3.63, 3.8) is 0 Å². The lowest BCUT2D eigenvalue weighted by molar-refractivity contribution is -0.115. The van der Waals surface area contributed by atoms with E-state index in [-0.39, 0.29) is 17.7 Å². The number of hydrogen-bond acceptors (Lipinski definition) is 6. The van der Waals surface area contributed by atoms with Crippen LogP contribution in [-0.2, 0) is 23.7 Å². The first-order valence-corrected chi connectivity index (χ1v) is 10.3. The van der Waals surface area contributed by atoms with Gasteiger partial charge in [0.25, 0.3) is 0 Å². The number of nitrogens with one attached hydrogen (secondary N) is 1. The molecule has 3 N–H and O–H groups in total. The molecule has 0 radical (unpaired) electrons. The molecular formula is C24H26N6O2. The van der Waals surface area contributed by atoms with E-state index < -0.39 is 0 Å². The molecule has 1 amide bonds. The Morgan fingerprint density at radius 2 is 1.84 bits per heavy atom. The van der Waals surface area contributed by atoms with Gasteiger partial charge in [-0.1, -0.05) is 50.2 Å². The number of rotatable bonds is 5. The lowest BCUT2D eigenvalue weighted by Crippen LogP contribution is -2.14. The van der Waals surface area contributed by atoms with E-state index in [9.17, 15) is 4.79 Å². The summed E-state index contributed by atoms with van der Waals surface area (Å²) in [6.45, 7) is 6.07. The Balaban J connectivity index is 1.45. The molecule has 1 aromatic carbocycles. The third-order valence-electron chi connectivity index (χ3n) is 5.10. The molecule has 0 atom stereocenters. The van der Waals surface area contributed by atoms with Gasteiger partial charge in [-0.15, -0.1) is 0 Å². The number of benzene rings is 1. The van der Waals surface area contributed by atoms with E-state index in [2.05, 4.69) is 20.6 Å². The van der Waals surface area contributed by atoms with Crippen molar-refractivity contribution in [3.8, 4) is 22.3 Å². The van der Waals surface area contributed by atoms with Crippen molar-refractivity contribution in [2.75, 3.05) is 11.1 Å². The maximum Gasteiger partial charge on any atom is 0.230 e. The predicted octanol–water partition coefficient (Wildman–Crippen LogP) is 4.20. The van der Waals surface area contributed by atoms with E-state index in [4.69, 9.17) is 10.3 Å². The highest BCUT2D eigenvalue weighted by atomic mass is 16.5. The molecule has 3 heterocycles. The van der Waals surface area contributed by atoms with Crippen LogP contribution in [0, 0.1) is 0 Å². The number of aromatic nitrogens is 4. The highest BCUT2D eigenvalue weighted by molar-refractivity contribution is 5.91. The van der Waals surface area contributed by atoms with Gasteiger partial charge in [0.1, 0.15) is 11.6 Å². The third-order valence-corrected chi connectivity index (χ3v) is 5.10. The first kappa shape index (κ1) is 21.3. The van der Waals surface area contributed by atoms with Crippen molar-refractivity contribution >= 4 is 17.5 Å². The van der Waals surface area contributed by atoms with E-state index in [0.717, 1.165) is 33.6 Å². The van der Waals surface area contributed by atoms with Crippen LogP contribution in [0.3, 0.4) is 0 Å². The van der Waals surface area contributed by atoms with E-state index in [1.807, 2.05) is 64.3 Å². The fraction of sp³-hybridized carbons (Fsp3) is 0.250. The summed E-state index contributed by atoms with van der Waals surface area (Å²) in [6, 6.07) is 11.6. The van der Waals surface area contributed by atoms with Gasteiger partial charge in [-0.05, 0) is 17.2 Å². The molecule has 8 nitrogen and oxygen atoms in total. The van der Waals surface area contributed by atoms with Crippen molar-refractivity contribution in [1.82, 2.24) is 19.9 Å². The number of nitrogens with zero attached hydrogens (tertiary/aromatic N) is 4. The summed E-state index contributed by atoms with van der Waals surface area (Å²) < 4.78 is 7.04. The topological polar surface area (TPSA) is 112 Å². The molecule has 164 valence electrons. The van der Waals surface area contributed by atoms with E-state index in [1.54, 1.807) is 23.1 Å². The molecule has 3 aromatic heterocycles. The van der Waals surface area contributed by atoms with Crippen LogP contribution in [0.5, 0.6) is 0 Å². The molecule has 4 aromatic rings. The molecule has 0 aliphatic heterocycles. The Kier molecular flexibility index (Phi) is 5.52. The fourth-order valence-electron chi connectivity index (χ4n) is 3.30. The summed E-state index contributed by atoms with van der Waals surface area (Å²) in [5, 5.41) is 10.9. The van der Waals surface area contributed by atoms with Crippen LogP contribution in [0.4, 0.5) is 11.6 Å². The molecule has 0 aliphatic rings. The molecule has 32 heavy (non-hydrogen) atoms. The van der Waals surface area contributed by atoms with Crippen LogP contribution in [0.15, 0.2) is 59.5 Å². The average Bonchev–Trinajstić information content (AvgIpc) is 3.38. The van der Waals surface area contributed by atoms with Crippen LogP contribution in [0.25, 0.3) is 22.3 Å². The van der Waals surface area contributed by atoms with E-state index in [0.29, 0.717) is 11.6 Å². The monoisotopic (exact) mass is 430 g/mol. The van der Waals surface area contributed by atoms with Crippen LogP contribution in [0.2, 0.25) is 0 Å². The van der Waals surface area contributed by atoms with Crippen molar-refractivity contribution in [2.45, 2.75) is 32.6 Å². The van der Waals surface area contributed by atoms with Crippen molar-refractivity contribution in [2.24, 2.45) is 7.05 Å². The van der Waals surface area contributed by atoms with Crippen LogP contribution in [-0.4, -0.2) is 25.8 Å². The maximum atomic E-state index is 12.4. The lowest BCUT2D eigenvalue weighted by Gasteiger charge is -2.12. The zero-order valence-corrected chi connectivity index (χ0v) is 18.6. The lowest BCUT2D eigenvalue weighted by atomic mass is 9.93. The van der Waals surface area contributed by atoms with Gasteiger partial charge in [0.15, 0.2) is 5.82 Å². The summed E-state index contributed by atoms with van der Waals surface area (Å²) in [4.78, 5) is 16.8. The van der Waals surface area contributed by atoms with E-state index >= 15 is 0 Å². The summed E-state index contributed by atoms with van der Waals surface area (Å²) in [7, 11) is 1.86. The highest BCUT2D eigenvalue weighted by Gasteiger charge is 2.20. The Morgan fingerprint density at radius 1 is 1.09 bits per heavy atom. The molecule has 0 aliphatic carbocycles. The highest BCUT2D eigenvalue weighted by Crippen LogP contribution is 2.29. The number of aryl methyl sites for hydroxylation is 1. The molecule has 0 bridgehead atoms. The molecule has 0 saturated heterocycles. The first-order valence-electron chi connectivity index (χ1n) is 10.3. The molecule has 0 fully saturated rings. The second-order valence-corrected chi connectivity index (χ2v) is 8.81. The predicted molar refractivity (Wildman–Crippen MR) is 124 cm³/mol. The third kappa shape index (κ3) is 4.69. The van der Waals surface area contributed by atoms with Crippen molar-refractivity contribution < 1.29 is 9.32 Å². The second kappa shape index (κ2) is 8.30. The van der Waals surface area contributed by atoms with Gasteiger partial charge in [-0.25, -0.2) is 4.98 Å². The van der Waals surface area contributed by atoms with Crippen LogP contribution < -0.4 is 11.1 Å². The number of carbonyl (C=O) groups is 1. The first-order chi connectivity index (χ1) is 15.2. The number of pyridine rings is 1. The number of carbonyl (C=O) groups excluding carboxylic acids is 1. The van der Waals surface area contributed by atoms with E-state index in [1.165, 1.54) is 0 Å². The zero-order chi connectivity index (χ0) is 22.9. The number of nitrogen functional groups attached to an aromatic ring is 1. The minimum absolute atomic E-state index is 0.153. The fourth-order valence-corrected chi connectivity index (χ4v) is 3.30. The molecule has 8 heteroatoms. The number of nitrogens with two attached hydrogens (primary N) is 1. The number of anilines is 2. The summed E-state index contributed by atoms with van der Waals surface area (Å²) in [6.07, 6.45) is 5.64. The number of hydrogen-bond donors (Lipinski definition) is 2. The molecule has 0 saturated carbocycles.